The summed E-state index contributed by atoms with van der Waals surface area (Å²) in [5.74, 6) is 0.0579. The number of hydrogen-bond acceptors (Lipinski definition) is 6. The van der Waals surface area contributed by atoms with Crippen molar-refractivity contribution in [3.63, 3.8) is 0 Å². The smallest absolute Gasteiger partial charge is 0.305 e. The summed E-state index contributed by atoms with van der Waals surface area (Å²) in [5, 5.41) is 20.1. The normalized spacial score (nSPS) is 13.7. The number of carbonyl (C=O) groups is 2. The number of aliphatic hydroxyl groups excluding tert-OH is 2. The first-order valence-electron chi connectivity index (χ1n) is 18.3. The van der Waals surface area contributed by atoms with Crippen LogP contribution < -0.4 is 0 Å². The molecule has 264 valence electrons. The Morgan fingerprint density at radius 2 is 1.02 bits per heavy atom. The fraction of sp³-hybridized carbons (Fsp3) is 0.700. The van der Waals surface area contributed by atoms with Gasteiger partial charge in [-0.2, -0.15) is 0 Å². The Hall–Kier alpha value is -2.44. The third-order valence-electron chi connectivity index (χ3n) is 7.55. The SMILES string of the molecule is CC/C=C\C/C=C\C/C=C\C/C=C\C=C\C(O)CCCC(=O)OC[C@H](O)COC(=O)CCCCCCCCCCCCCC(C)C. The number of esters is 2. The van der Waals surface area contributed by atoms with Crippen LogP contribution in [-0.4, -0.2) is 47.6 Å². The van der Waals surface area contributed by atoms with Crippen LogP contribution in [0.5, 0.6) is 0 Å². The van der Waals surface area contributed by atoms with E-state index in [9.17, 15) is 19.8 Å². The zero-order chi connectivity index (χ0) is 33.9. The van der Waals surface area contributed by atoms with Crippen molar-refractivity contribution < 1.29 is 29.3 Å². The van der Waals surface area contributed by atoms with E-state index in [0.29, 0.717) is 19.3 Å². The van der Waals surface area contributed by atoms with Crippen molar-refractivity contribution in [1.82, 2.24) is 0 Å². The van der Waals surface area contributed by atoms with Gasteiger partial charge in [0.25, 0.3) is 0 Å². The molecule has 0 bridgehead atoms. The fourth-order valence-corrected chi connectivity index (χ4v) is 4.77. The predicted molar refractivity (Wildman–Crippen MR) is 192 cm³/mol. The molecule has 0 saturated heterocycles. The summed E-state index contributed by atoms with van der Waals surface area (Å²) >= 11 is 0. The first-order valence-corrected chi connectivity index (χ1v) is 18.3. The highest BCUT2D eigenvalue weighted by Crippen LogP contribution is 2.14. The molecule has 0 aliphatic rings. The Bertz CT molecular complexity index is 854. The summed E-state index contributed by atoms with van der Waals surface area (Å²) in [6, 6.07) is 0. The van der Waals surface area contributed by atoms with Crippen molar-refractivity contribution in [1.29, 1.82) is 0 Å². The number of carbonyl (C=O) groups excluding carboxylic acids is 2. The number of unbranched alkanes of at least 4 members (excludes halogenated alkanes) is 10. The minimum Gasteiger partial charge on any atom is -0.463 e. The van der Waals surface area contributed by atoms with Crippen molar-refractivity contribution in [2.75, 3.05) is 13.2 Å². The second-order valence-corrected chi connectivity index (χ2v) is 12.6. The summed E-state index contributed by atoms with van der Waals surface area (Å²) in [5.41, 5.74) is 0. The Morgan fingerprint density at radius 1 is 0.565 bits per heavy atom. The monoisotopic (exact) mass is 645 g/mol. The van der Waals surface area contributed by atoms with Gasteiger partial charge in [-0.25, -0.2) is 0 Å². The van der Waals surface area contributed by atoms with Crippen molar-refractivity contribution in [3.8, 4) is 0 Å². The quantitative estimate of drug-likeness (QED) is 0.0338. The van der Waals surface area contributed by atoms with E-state index in [4.69, 9.17) is 9.47 Å². The van der Waals surface area contributed by atoms with E-state index in [2.05, 4.69) is 57.2 Å². The van der Waals surface area contributed by atoms with Gasteiger partial charge in [-0.15, -0.1) is 0 Å². The number of rotatable bonds is 31. The maximum absolute atomic E-state index is 11.9. The van der Waals surface area contributed by atoms with Gasteiger partial charge in [0.2, 0.25) is 0 Å². The van der Waals surface area contributed by atoms with Crippen molar-refractivity contribution in [3.05, 3.63) is 60.8 Å². The van der Waals surface area contributed by atoms with Gasteiger partial charge in [-0.3, -0.25) is 9.59 Å². The Balaban J connectivity index is 3.67. The molecular weight excluding hydrogens is 576 g/mol. The van der Waals surface area contributed by atoms with E-state index in [0.717, 1.165) is 50.9 Å². The number of hydrogen-bond donors (Lipinski definition) is 2. The molecule has 0 aromatic carbocycles. The molecule has 0 heterocycles. The van der Waals surface area contributed by atoms with Gasteiger partial charge < -0.3 is 19.7 Å². The van der Waals surface area contributed by atoms with Gasteiger partial charge in [0.1, 0.15) is 19.3 Å². The van der Waals surface area contributed by atoms with E-state index in [1.54, 1.807) is 6.08 Å². The highest BCUT2D eigenvalue weighted by atomic mass is 16.6. The molecule has 6 heteroatoms. The average Bonchev–Trinajstić information content (AvgIpc) is 3.03. The van der Waals surface area contributed by atoms with Gasteiger partial charge in [-0.05, 0) is 50.9 Å². The molecule has 0 fully saturated rings. The Labute approximate surface area is 282 Å². The molecule has 0 spiro atoms. The minimum atomic E-state index is -1.04. The lowest BCUT2D eigenvalue weighted by molar-refractivity contribution is -0.152. The van der Waals surface area contributed by atoms with Gasteiger partial charge >= 0.3 is 11.9 Å². The van der Waals surface area contributed by atoms with Crippen LogP contribution in [0.25, 0.3) is 0 Å². The van der Waals surface area contributed by atoms with Crippen LogP contribution in [0.3, 0.4) is 0 Å². The van der Waals surface area contributed by atoms with E-state index < -0.39 is 18.2 Å². The van der Waals surface area contributed by atoms with Gasteiger partial charge in [-0.1, -0.05) is 152 Å². The van der Waals surface area contributed by atoms with Gasteiger partial charge in [0.15, 0.2) is 0 Å². The zero-order valence-electron chi connectivity index (χ0n) is 29.6. The zero-order valence-corrected chi connectivity index (χ0v) is 29.6. The van der Waals surface area contributed by atoms with Crippen LogP contribution >= 0.6 is 0 Å². The molecule has 0 saturated carbocycles. The molecule has 6 nitrogen and oxygen atoms in total. The lowest BCUT2D eigenvalue weighted by Gasteiger charge is -2.12. The van der Waals surface area contributed by atoms with Crippen LogP contribution in [0, 0.1) is 5.92 Å². The van der Waals surface area contributed by atoms with Crippen molar-refractivity contribution in [2.45, 2.75) is 161 Å². The fourth-order valence-electron chi connectivity index (χ4n) is 4.77. The first-order chi connectivity index (χ1) is 22.3. The maximum Gasteiger partial charge on any atom is 0.305 e. The molecule has 0 amide bonds. The summed E-state index contributed by atoms with van der Waals surface area (Å²) in [6.07, 6.45) is 38.8. The van der Waals surface area contributed by atoms with Crippen LogP contribution in [0.15, 0.2) is 60.8 Å². The highest BCUT2D eigenvalue weighted by molar-refractivity contribution is 5.69. The summed E-state index contributed by atoms with van der Waals surface area (Å²) < 4.78 is 10.2. The van der Waals surface area contributed by atoms with E-state index in [1.807, 2.05) is 18.2 Å². The molecule has 0 aliphatic heterocycles. The van der Waals surface area contributed by atoms with Crippen molar-refractivity contribution >= 4 is 11.9 Å². The number of aliphatic hydroxyl groups is 2. The first kappa shape index (κ1) is 43.6. The van der Waals surface area contributed by atoms with Crippen LogP contribution in [0.4, 0.5) is 0 Å². The second kappa shape index (κ2) is 33.9. The molecule has 2 atom stereocenters. The lowest BCUT2D eigenvalue weighted by atomic mass is 10.0. The molecule has 0 radical (unpaired) electrons. The van der Waals surface area contributed by atoms with E-state index in [1.165, 1.54) is 57.8 Å². The summed E-state index contributed by atoms with van der Waals surface area (Å²) in [7, 11) is 0. The van der Waals surface area contributed by atoms with Crippen LogP contribution in [0.2, 0.25) is 0 Å². The highest BCUT2D eigenvalue weighted by Gasteiger charge is 2.12. The lowest BCUT2D eigenvalue weighted by Crippen LogP contribution is -2.25. The molecule has 0 aromatic rings. The number of allylic oxidation sites excluding steroid dienone is 9. The third-order valence-corrected chi connectivity index (χ3v) is 7.55. The van der Waals surface area contributed by atoms with Gasteiger partial charge in [0.05, 0.1) is 6.10 Å². The topological polar surface area (TPSA) is 93.1 Å². The summed E-state index contributed by atoms with van der Waals surface area (Å²) in [6.45, 7) is 6.33. The average molecular weight is 645 g/mol. The third kappa shape index (κ3) is 34.4. The molecule has 0 aromatic heterocycles. The maximum atomic E-state index is 11.9. The Kier molecular flexibility index (Phi) is 32.1. The molecule has 0 rings (SSSR count). The summed E-state index contributed by atoms with van der Waals surface area (Å²) in [4.78, 5) is 23.9. The standard InChI is InChI=1S/C40H68O6/c1-4-5-6-7-8-9-10-11-14-17-20-23-26-30-37(41)31-28-33-40(44)46-35-38(42)34-45-39(43)32-27-24-21-18-15-12-13-16-19-22-25-29-36(2)3/h5-6,8-9,11,14,20,23,26,30,36-38,41-42H,4,7,10,12-13,15-19,21-22,24-25,27-29,31-35H2,1-3H3/b6-5-,9-8-,14-11-,23-20-,30-26+/t37?,38-/m1/s1. The van der Waals surface area contributed by atoms with E-state index in [-0.39, 0.29) is 25.6 Å². The molecule has 46 heavy (non-hydrogen) atoms. The minimum absolute atomic E-state index is 0.153. The molecule has 1 unspecified atom stereocenters. The van der Waals surface area contributed by atoms with Gasteiger partial charge in [0, 0.05) is 12.8 Å². The molecule has 2 N–H and O–H groups in total. The molecule has 0 aliphatic carbocycles. The van der Waals surface area contributed by atoms with Crippen LogP contribution in [0.1, 0.15) is 149 Å². The molecular formula is C40H68O6. The van der Waals surface area contributed by atoms with Crippen molar-refractivity contribution in [2.24, 2.45) is 5.92 Å². The van der Waals surface area contributed by atoms with E-state index >= 15 is 0 Å². The number of ether oxygens (including phenoxy) is 2. The van der Waals surface area contributed by atoms with Crippen LogP contribution in [-0.2, 0) is 19.1 Å². The second-order valence-electron chi connectivity index (χ2n) is 12.6. The predicted octanol–water partition coefficient (Wildman–Crippen LogP) is 10.1. The largest absolute Gasteiger partial charge is 0.463 e. The Morgan fingerprint density at radius 3 is 1.54 bits per heavy atom.